The van der Waals surface area contributed by atoms with Gasteiger partial charge in [0, 0.05) is 0 Å². The van der Waals surface area contributed by atoms with Crippen LogP contribution in [0.5, 0.6) is 0 Å². The van der Waals surface area contributed by atoms with Gasteiger partial charge in [-0.2, -0.15) is 0 Å². The van der Waals surface area contributed by atoms with Crippen LogP contribution in [0.1, 0.15) is 31.5 Å². The van der Waals surface area contributed by atoms with Crippen LogP contribution in [0.25, 0.3) is 0 Å². The molecule has 0 fully saturated rings. The van der Waals surface area contributed by atoms with Crippen LogP contribution in [0.3, 0.4) is 0 Å². The predicted octanol–water partition coefficient (Wildman–Crippen LogP) is 1.66. The second kappa shape index (κ2) is 4.11. The predicted molar refractivity (Wildman–Crippen MR) is 51.1 cm³/mol. The summed E-state index contributed by atoms with van der Waals surface area (Å²) in [7, 11) is 0. The molecule has 0 aromatic carbocycles. The molecule has 13 heavy (non-hydrogen) atoms. The van der Waals surface area contributed by atoms with Crippen LogP contribution in [-0.4, -0.2) is 11.0 Å². The van der Waals surface area contributed by atoms with E-state index < -0.39 is 0 Å². The number of hydrogen-bond acceptors (Lipinski definition) is 3. The van der Waals surface area contributed by atoms with Gasteiger partial charge in [-0.15, -0.1) is 6.42 Å². The first kappa shape index (κ1) is 9.82. The van der Waals surface area contributed by atoms with Crippen LogP contribution in [0.2, 0.25) is 0 Å². The maximum atomic E-state index is 5.35. The van der Waals surface area contributed by atoms with E-state index in [0.717, 1.165) is 5.76 Å². The molecule has 1 aromatic heterocycles. The van der Waals surface area contributed by atoms with Gasteiger partial charge in [-0.3, -0.25) is 5.32 Å². The number of nitrogens with one attached hydrogen (secondary N) is 1. The van der Waals surface area contributed by atoms with Crippen LogP contribution in [-0.2, 0) is 0 Å². The van der Waals surface area contributed by atoms with Crippen molar-refractivity contribution in [3.05, 3.63) is 17.8 Å². The molecule has 0 saturated heterocycles. The number of aryl methyl sites for hydroxylation is 1. The molecule has 70 valence electrons. The summed E-state index contributed by atoms with van der Waals surface area (Å²) in [6.45, 7) is 5.76. The van der Waals surface area contributed by atoms with Crippen molar-refractivity contribution in [1.29, 1.82) is 0 Å². The minimum Gasteiger partial charge on any atom is -0.444 e. The fraction of sp³-hybridized carbons (Fsp3) is 0.500. The van der Waals surface area contributed by atoms with Crippen molar-refractivity contribution in [3.63, 3.8) is 0 Å². The van der Waals surface area contributed by atoms with Gasteiger partial charge in [0.1, 0.15) is 5.76 Å². The van der Waals surface area contributed by atoms with E-state index in [1.807, 2.05) is 20.8 Å². The Kier molecular flexibility index (Phi) is 3.10. The summed E-state index contributed by atoms with van der Waals surface area (Å²) in [5.41, 5.74) is 0. The number of oxazole rings is 1. The fourth-order valence-electron chi connectivity index (χ4n) is 1.07. The number of nitrogens with zero attached hydrogens (tertiary/aromatic N) is 1. The molecule has 1 N–H and O–H groups in total. The van der Waals surface area contributed by atoms with Crippen LogP contribution in [0.15, 0.2) is 10.6 Å². The first-order chi connectivity index (χ1) is 6.13. The van der Waals surface area contributed by atoms with E-state index in [2.05, 4.69) is 16.2 Å². The van der Waals surface area contributed by atoms with Gasteiger partial charge in [0.05, 0.1) is 18.3 Å². The van der Waals surface area contributed by atoms with Gasteiger partial charge in [0.15, 0.2) is 0 Å². The van der Waals surface area contributed by atoms with Gasteiger partial charge in [-0.25, -0.2) is 4.98 Å². The van der Waals surface area contributed by atoms with E-state index in [0.29, 0.717) is 5.89 Å². The number of terminal acetylenes is 1. The van der Waals surface area contributed by atoms with Crippen LogP contribution < -0.4 is 5.32 Å². The largest absolute Gasteiger partial charge is 0.444 e. The lowest BCUT2D eigenvalue weighted by molar-refractivity contribution is 0.396. The molecule has 0 aliphatic heterocycles. The van der Waals surface area contributed by atoms with Crippen molar-refractivity contribution in [2.45, 2.75) is 32.9 Å². The molecular formula is C10H14N2O. The summed E-state index contributed by atoms with van der Waals surface area (Å²) in [6.07, 6.45) is 6.94. The van der Waals surface area contributed by atoms with Crippen molar-refractivity contribution in [1.82, 2.24) is 10.3 Å². The third-order valence-electron chi connectivity index (χ3n) is 1.76. The number of rotatable bonds is 3. The Morgan fingerprint density at radius 1 is 1.62 bits per heavy atom. The second-order valence-electron chi connectivity index (χ2n) is 3.09. The van der Waals surface area contributed by atoms with Gasteiger partial charge < -0.3 is 4.42 Å². The maximum absolute atomic E-state index is 5.35. The highest BCUT2D eigenvalue weighted by molar-refractivity contribution is 5.01. The summed E-state index contributed by atoms with van der Waals surface area (Å²) in [5.74, 6) is 4.09. The molecule has 1 rings (SSSR count). The standard InChI is InChI=1S/C10H14N2O/c1-5-7(2)12-9(4)10-11-6-8(3)13-10/h1,6-7,9,12H,2-4H3. The summed E-state index contributed by atoms with van der Waals surface area (Å²) in [6, 6.07) is 0.0851. The van der Waals surface area contributed by atoms with Crippen LogP contribution in [0, 0.1) is 19.3 Å². The quantitative estimate of drug-likeness (QED) is 0.715. The zero-order valence-corrected chi connectivity index (χ0v) is 8.16. The minimum absolute atomic E-state index is 0.0298. The molecule has 3 heteroatoms. The van der Waals surface area contributed by atoms with Crippen molar-refractivity contribution >= 4 is 0 Å². The molecule has 2 unspecified atom stereocenters. The Hall–Kier alpha value is -1.27. The van der Waals surface area contributed by atoms with E-state index in [-0.39, 0.29) is 12.1 Å². The summed E-state index contributed by atoms with van der Waals surface area (Å²) < 4.78 is 5.35. The summed E-state index contributed by atoms with van der Waals surface area (Å²) in [4.78, 5) is 4.11. The SMILES string of the molecule is C#CC(C)NC(C)c1ncc(C)o1. The smallest absolute Gasteiger partial charge is 0.211 e. The fourth-order valence-corrected chi connectivity index (χ4v) is 1.07. The first-order valence-corrected chi connectivity index (χ1v) is 4.28. The second-order valence-corrected chi connectivity index (χ2v) is 3.09. The van der Waals surface area contributed by atoms with Crippen molar-refractivity contribution in [3.8, 4) is 12.3 Å². The minimum atomic E-state index is 0.0298. The van der Waals surface area contributed by atoms with Gasteiger partial charge in [0.2, 0.25) is 5.89 Å². The molecule has 0 bridgehead atoms. The average molecular weight is 178 g/mol. The van der Waals surface area contributed by atoms with Gasteiger partial charge in [-0.05, 0) is 20.8 Å². The summed E-state index contributed by atoms with van der Waals surface area (Å²) >= 11 is 0. The Morgan fingerprint density at radius 2 is 2.31 bits per heavy atom. The zero-order chi connectivity index (χ0) is 9.84. The topological polar surface area (TPSA) is 38.1 Å². The molecule has 1 aromatic rings. The molecule has 2 atom stereocenters. The van der Waals surface area contributed by atoms with E-state index >= 15 is 0 Å². The zero-order valence-electron chi connectivity index (χ0n) is 8.16. The highest BCUT2D eigenvalue weighted by atomic mass is 16.4. The Labute approximate surface area is 78.5 Å². The molecule has 1 heterocycles. The normalized spacial score (nSPS) is 14.9. The highest BCUT2D eigenvalue weighted by Crippen LogP contribution is 2.12. The van der Waals surface area contributed by atoms with E-state index in [4.69, 9.17) is 10.8 Å². The Bertz CT molecular complexity index is 311. The molecule has 0 aliphatic carbocycles. The van der Waals surface area contributed by atoms with Crippen LogP contribution in [0.4, 0.5) is 0 Å². The number of hydrogen-bond donors (Lipinski definition) is 1. The molecule has 3 nitrogen and oxygen atoms in total. The lowest BCUT2D eigenvalue weighted by atomic mass is 10.2. The lowest BCUT2D eigenvalue weighted by Crippen LogP contribution is -2.27. The maximum Gasteiger partial charge on any atom is 0.211 e. The molecule has 0 radical (unpaired) electrons. The van der Waals surface area contributed by atoms with Crippen molar-refractivity contribution in [2.75, 3.05) is 0 Å². The molecule has 0 aliphatic rings. The van der Waals surface area contributed by atoms with E-state index in [1.165, 1.54) is 0 Å². The molecule has 0 amide bonds. The first-order valence-electron chi connectivity index (χ1n) is 4.28. The number of aromatic nitrogens is 1. The van der Waals surface area contributed by atoms with Crippen LogP contribution >= 0.6 is 0 Å². The Balaban J connectivity index is 2.59. The van der Waals surface area contributed by atoms with Crippen molar-refractivity contribution < 1.29 is 4.42 Å². The van der Waals surface area contributed by atoms with Gasteiger partial charge in [0.25, 0.3) is 0 Å². The molecular weight excluding hydrogens is 164 g/mol. The van der Waals surface area contributed by atoms with Crippen molar-refractivity contribution in [2.24, 2.45) is 0 Å². The monoisotopic (exact) mass is 178 g/mol. The van der Waals surface area contributed by atoms with Gasteiger partial charge in [-0.1, -0.05) is 5.92 Å². The molecule has 0 spiro atoms. The van der Waals surface area contributed by atoms with E-state index in [9.17, 15) is 0 Å². The average Bonchev–Trinajstić information content (AvgIpc) is 2.51. The summed E-state index contributed by atoms with van der Waals surface area (Å²) in [5, 5.41) is 3.17. The van der Waals surface area contributed by atoms with E-state index in [1.54, 1.807) is 6.20 Å². The third kappa shape index (κ3) is 2.60. The third-order valence-corrected chi connectivity index (χ3v) is 1.76. The van der Waals surface area contributed by atoms with Gasteiger partial charge >= 0.3 is 0 Å². The molecule has 0 saturated carbocycles. The highest BCUT2D eigenvalue weighted by Gasteiger charge is 2.12. The Morgan fingerprint density at radius 3 is 2.77 bits per heavy atom. The lowest BCUT2D eigenvalue weighted by Gasteiger charge is -2.12.